The Morgan fingerprint density at radius 2 is 2.25 bits per heavy atom. The molecule has 0 amide bonds. The van der Waals surface area contributed by atoms with Crippen molar-refractivity contribution < 1.29 is 13.9 Å². The highest BCUT2D eigenvalue weighted by Crippen LogP contribution is 2.30. The predicted molar refractivity (Wildman–Crippen MR) is 59.4 cm³/mol. The minimum absolute atomic E-state index is 0.0466. The Labute approximate surface area is 92.7 Å². The van der Waals surface area contributed by atoms with E-state index in [0.717, 1.165) is 0 Å². The molecule has 1 atom stereocenters. The second-order valence-corrected chi connectivity index (χ2v) is 3.86. The zero-order valence-corrected chi connectivity index (χ0v) is 9.03. The molecule has 0 aliphatic carbocycles. The van der Waals surface area contributed by atoms with Crippen LogP contribution >= 0.6 is 0 Å². The van der Waals surface area contributed by atoms with Crippen LogP contribution in [0.1, 0.15) is 19.1 Å². The zero-order chi connectivity index (χ0) is 11.8. The Hall–Kier alpha value is -1.39. The number of hydrogen-bond acceptors (Lipinski definition) is 3. The first-order valence-electron chi connectivity index (χ1n) is 5.21. The molecule has 1 aromatic carbocycles. The normalized spacial score (nSPS) is 15.2. The number of furan rings is 1. The molecule has 4 heteroatoms. The van der Waals surface area contributed by atoms with Crippen LogP contribution in [0.15, 0.2) is 28.7 Å². The summed E-state index contributed by atoms with van der Waals surface area (Å²) in [5.41, 5.74) is 4.45. The number of rotatable bonds is 3. The Morgan fingerprint density at radius 1 is 1.50 bits per heavy atom. The highest BCUT2D eigenvalue weighted by molar-refractivity contribution is 5.78. The lowest BCUT2D eigenvalue weighted by atomic mass is 9.98. The maximum Gasteiger partial charge on any atom is 0.170 e. The fourth-order valence-corrected chi connectivity index (χ4v) is 1.68. The third-order valence-corrected chi connectivity index (χ3v) is 2.88. The van der Waals surface area contributed by atoms with Gasteiger partial charge in [0.05, 0.1) is 0 Å². The van der Waals surface area contributed by atoms with Crippen molar-refractivity contribution >= 4 is 11.0 Å². The first-order valence-corrected chi connectivity index (χ1v) is 5.21. The molecule has 1 unspecified atom stereocenters. The van der Waals surface area contributed by atoms with Crippen LogP contribution in [0.3, 0.4) is 0 Å². The van der Waals surface area contributed by atoms with Crippen LogP contribution in [0, 0.1) is 5.82 Å². The summed E-state index contributed by atoms with van der Waals surface area (Å²) in [5.74, 6) is -0.114. The molecule has 0 spiro atoms. The second-order valence-electron chi connectivity index (χ2n) is 3.86. The van der Waals surface area contributed by atoms with E-state index in [1.165, 1.54) is 6.07 Å². The fourth-order valence-electron chi connectivity index (χ4n) is 1.68. The van der Waals surface area contributed by atoms with Crippen molar-refractivity contribution in [2.75, 3.05) is 6.54 Å². The maximum atomic E-state index is 13.4. The standard InChI is InChI=1S/C12H14FNO2/c1-2-12(15,7-14)10-6-8-4-3-5-9(13)11(8)16-10/h3-6,15H,2,7,14H2,1H3. The maximum absolute atomic E-state index is 13.4. The molecule has 0 saturated heterocycles. The number of benzene rings is 1. The Morgan fingerprint density at radius 3 is 2.81 bits per heavy atom. The summed E-state index contributed by atoms with van der Waals surface area (Å²) in [6.45, 7) is 1.85. The quantitative estimate of drug-likeness (QED) is 0.838. The van der Waals surface area contributed by atoms with E-state index in [4.69, 9.17) is 10.2 Å². The lowest BCUT2D eigenvalue weighted by molar-refractivity contribution is 0.0211. The molecule has 2 rings (SSSR count). The first kappa shape index (κ1) is 11.1. The number of halogens is 1. The number of para-hydroxylation sites is 1. The van der Waals surface area contributed by atoms with E-state index in [1.54, 1.807) is 25.1 Å². The van der Waals surface area contributed by atoms with Gasteiger partial charge in [0.2, 0.25) is 0 Å². The molecule has 0 saturated carbocycles. The molecule has 1 heterocycles. The molecule has 3 nitrogen and oxygen atoms in total. The van der Waals surface area contributed by atoms with Gasteiger partial charge in [0.15, 0.2) is 11.4 Å². The van der Waals surface area contributed by atoms with Gasteiger partial charge >= 0.3 is 0 Å². The van der Waals surface area contributed by atoms with Crippen LogP contribution in [0.5, 0.6) is 0 Å². The topological polar surface area (TPSA) is 59.4 Å². The summed E-state index contributed by atoms with van der Waals surface area (Å²) >= 11 is 0. The van der Waals surface area contributed by atoms with Gasteiger partial charge in [0.25, 0.3) is 0 Å². The minimum atomic E-state index is -1.22. The highest BCUT2D eigenvalue weighted by Gasteiger charge is 2.29. The molecule has 0 aliphatic rings. The molecule has 0 bridgehead atoms. The van der Waals surface area contributed by atoms with Crippen molar-refractivity contribution in [1.82, 2.24) is 0 Å². The lowest BCUT2D eigenvalue weighted by Crippen LogP contribution is -2.33. The SMILES string of the molecule is CCC(O)(CN)c1cc2cccc(F)c2o1. The van der Waals surface area contributed by atoms with Crippen LogP contribution in [-0.4, -0.2) is 11.7 Å². The lowest BCUT2D eigenvalue weighted by Gasteiger charge is -2.21. The van der Waals surface area contributed by atoms with Gasteiger partial charge < -0.3 is 15.3 Å². The van der Waals surface area contributed by atoms with Crippen LogP contribution in [0.4, 0.5) is 4.39 Å². The van der Waals surface area contributed by atoms with Gasteiger partial charge in [0.1, 0.15) is 11.4 Å². The van der Waals surface area contributed by atoms with E-state index in [9.17, 15) is 9.50 Å². The number of fused-ring (bicyclic) bond motifs is 1. The summed E-state index contributed by atoms with van der Waals surface area (Å²) in [6, 6.07) is 6.29. The Balaban J connectivity index is 2.59. The van der Waals surface area contributed by atoms with E-state index in [0.29, 0.717) is 17.6 Å². The van der Waals surface area contributed by atoms with Gasteiger partial charge in [-0.2, -0.15) is 0 Å². The average molecular weight is 223 g/mol. The van der Waals surface area contributed by atoms with Crippen LogP contribution in [0.25, 0.3) is 11.0 Å². The van der Waals surface area contributed by atoms with Crippen molar-refractivity contribution in [2.24, 2.45) is 5.73 Å². The molecule has 2 aromatic rings. The second kappa shape index (κ2) is 3.88. The Kier molecular flexibility index (Phi) is 2.69. The van der Waals surface area contributed by atoms with Crippen molar-refractivity contribution in [3.8, 4) is 0 Å². The van der Waals surface area contributed by atoms with E-state index in [2.05, 4.69) is 0 Å². The molecule has 1 aromatic heterocycles. The molecule has 86 valence electrons. The average Bonchev–Trinajstić information content (AvgIpc) is 2.74. The molecule has 0 radical (unpaired) electrons. The van der Waals surface area contributed by atoms with Crippen molar-refractivity contribution in [3.05, 3.63) is 35.8 Å². The molecular weight excluding hydrogens is 209 g/mol. The summed E-state index contributed by atoms with van der Waals surface area (Å²) < 4.78 is 18.7. The predicted octanol–water partition coefficient (Wildman–Crippen LogP) is 2.13. The fraction of sp³-hybridized carbons (Fsp3) is 0.333. The molecule has 3 N–H and O–H groups in total. The minimum Gasteiger partial charge on any atom is -0.455 e. The smallest absolute Gasteiger partial charge is 0.170 e. The zero-order valence-electron chi connectivity index (χ0n) is 9.03. The summed E-state index contributed by atoms with van der Waals surface area (Å²) in [7, 11) is 0. The van der Waals surface area contributed by atoms with Crippen molar-refractivity contribution in [2.45, 2.75) is 18.9 Å². The molecule has 0 fully saturated rings. The van der Waals surface area contributed by atoms with Crippen LogP contribution in [0.2, 0.25) is 0 Å². The van der Waals surface area contributed by atoms with E-state index >= 15 is 0 Å². The van der Waals surface area contributed by atoms with E-state index in [-0.39, 0.29) is 12.1 Å². The van der Waals surface area contributed by atoms with Crippen LogP contribution < -0.4 is 5.73 Å². The summed E-state index contributed by atoms with van der Waals surface area (Å²) in [5, 5.41) is 10.8. The third-order valence-electron chi connectivity index (χ3n) is 2.88. The van der Waals surface area contributed by atoms with Gasteiger partial charge in [-0.15, -0.1) is 0 Å². The molecule has 0 aliphatic heterocycles. The third kappa shape index (κ3) is 1.60. The van der Waals surface area contributed by atoms with E-state index in [1.807, 2.05) is 0 Å². The summed E-state index contributed by atoms with van der Waals surface area (Å²) in [4.78, 5) is 0. The Bertz CT molecular complexity index is 503. The van der Waals surface area contributed by atoms with Gasteiger partial charge in [-0.05, 0) is 18.6 Å². The highest BCUT2D eigenvalue weighted by atomic mass is 19.1. The molecular formula is C12H14FNO2. The molecule has 16 heavy (non-hydrogen) atoms. The number of nitrogens with two attached hydrogens (primary N) is 1. The van der Waals surface area contributed by atoms with E-state index < -0.39 is 11.4 Å². The largest absolute Gasteiger partial charge is 0.455 e. The number of hydrogen-bond donors (Lipinski definition) is 2. The van der Waals surface area contributed by atoms with Crippen LogP contribution in [-0.2, 0) is 5.60 Å². The van der Waals surface area contributed by atoms with Gasteiger partial charge in [0, 0.05) is 11.9 Å². The van der Waals surface area contributed by atoms with Crippen molar-refractivity contribution in [3.63, 3.8) is 0 Å². The van der Waals surface area contributed by atoms with Gasteiger partial charge in [-0.3, -0.25) is 0 Å². The first-order chi connectivity index (χ1) is 7.60. The monoisotopic (exact) mass is 223 g/mol. The number of aliphatic hydroxyl groups is 1. The van der Waals surface area contributed by atoms with Gasteiger partial charge in [-0.25, -0.2) is 4.39 Å². The van der Waals surface area contributed by atoms with Gasteiger partial charge in [-0.1, -0.05) is 19.1 Å². The van der Waals surface area contributed by atoms with Crippen molar-refractivity contribution in [1.29, 1.82) is 0 Å². The summed E-state index contributed by atoms with van der Waals surface area (Å²) in [6.07, 6.45) is 0.422.